The zero-order valence-corrected chi connectivity index (χ0v) is 21.1. The van der Waals surface area contributed by atoms with Crippen LogP contribution in [0.5, 0.6) is 0 Å². The van der Waals surface area contributed by atoms with E-state index in [2.05, 4.69) is 6.58 Å². The summed E-state index contributed by atoms with van der Waals surface area (Å²) in [5, 5.41) is 31.2. The molecule has 192 valence electrons. The summed E-state index contributed by atoms with van der Waals surface area (Å²) in [5.41, 5.74) is 0. The molecule has 0 aliphatic rings. The van der Waals surface area contributed by atoms with E-state index in [4.69, 9.17) is 0 Å². The molecular formula is C26H47NO6. The van der Waals surface area contributed by atoms with Crippen LogP contribution >= 0.6 is 0 Å². The molecule has 0 saturated heterocycles. The summed E-state index contributed by atoms with van der Waals surface area (Å²) in [6.45, 7) is 10.4. The molecule has 0 bridgehead atoms. The van der Waals surface area contributed by atoms with E-state index in [9.17, 15) is 29.7 Å². The molecule has 0 rings (SSSR count). The molecule has 3 atom stereocenters. The highest BCUT2D eigenvalue weighted by atomic mass is 16.4. The van der Waals surface area contributed by atoms with Crippen LogP contribution in [0.4, 0.5) is 0 Å². The Hall–Kier alpha value is -1.89. The van der Waals surface area contributed by atoms with Crippen molar-refractivity contribution in [3.63, 3.8) is 0 Å². The van der Waals surface area contributed by atoms with Gasteiger partial charge in [-0.15, -0.1) is 6.58 Å². The Bertz CT molecular complexity index is 532. The minimum Gasteiger partial charge on any atom is -0.550 e. The van der Waals surface area contributed by atoms with Crippen molar-refractivity contribution in [2.75, 3.05) is 26.2 Å². The predicted octanol–water partition coefficient (Wildman–Crippen LogP) is 4.11. The Balaban J connectivity index is 5.51. The predicted molar refractivity (Wildman–Crippen MR) is 128 cm³/mol. The molecule has 0 radical (unpaired) electrons. The quantitative estimate of drug-likeness (QED) is 0.140. The molecule has 0 aromatic heterocycles. The maximum atomic E-state index is 11.8. The van der Waals surface area contributed by atoms with Gasteiger partial charge in [0.1, 0.15) is 11.8 Å². The molecular weight excluding hydrogens is 422 g/mol. The van der Waals surface area contributed by atoms with Gasteiger partial charge in [-0.05, 0) is 44.9 Å². The number of carboxylic acid groups (broad SMARTS) is 3. The number of carbonyl (C=O) groups is 3. The minimum atomic E-state index is -1.15. The number of carbonyl (C=O) groups excluding carboxylic acids is 1. The Morgan fingerprint density at radius 2 is 1.15 bits per heavy atom. The van der Waals surface area contributed by atoms with Crippen LogP contribution in [0, 0.1) is 17.8 Å². The first kappa shape index (κ1) is 31.1. The molecule has 2 N–H and O–H groups in total. The molecule has 0 aromatic carbocycles. The van der Waals surface area contributed by atoms with Crippen LogP contribution in [0.2, 0.25) is 0 Å². The lowest BCUT2D eigenvalue weighted by atomic mass is 9.95. The average Bonchev–Trinajstić information content (AvgIpc) is 2.77. The first-order valence-electron chi connectivity index (χ1n) is 12.8. The Kier molecular flexibility index (Phi) is 16.6. The number of aliphatic carboxylic acids is 3. The van der Waals surface area contributed by atoms with Crippen molar-refractivity contribution in [3.8, 4) is 0 Å². The lowest BCUT2D eigenvalue weighted by Gasteiger charge is -2.44. The zero-order chi connectivity index (χ0) is 25.3. The number of carboxylic acids is 3. The fraction of sp³-hybridized carbons (Fsp3) is 0.808. The molecule has 0 fully saturated rings. The van der Waals surface area contributed by atoms with Crippen LogP contribution < -0.4 is 5.11 Å². The molecule has 7 heteroatoms. The Morgan fingerprint density at radius 3 is 1.52 bits per heavy atom. The summed E-state index contributed by atoms with van der Waals surface area (Å²) in [5.74, 6) is -4.98. The number of hydrogen-bond acceptors (Lipinski definition) is 4. The van der Waals surface area contributed by atoms with Crippen molar-refractivity contribution in [1.29, 1.82) is 0 Å². The number of allylic oxidation sites excluding steroid dienone is 1. The van der Waals surface area contributed by atoms with Crippen molar-refractivity contribution in [1.82, 2.24) is 0 Å². The van der Waals surface area contributed by atoms with Gasteiger partial charge in [-0.25, -0.2) is 0 Å². The average molecular weight is 470 g/mol. The van der Waals surface area contributed by atoms with Crippen LogP contribution in [0.3, 0.4) is 0 Å². The van der Waals surface area contributed by atoms with Gasteiger partial charge in [0, 0.05) is 5.92 Å². The summed E-state index contributed by atoms with van der Waals surface area (Å²) in [4.78, 5) is 35.4. The van der Waals surface area contributed by atoms with E-state index in [1.807, 2.05) is 19.9 Å². The lowest BCUT2D eigenvalue weighted by molar-refractivity contribution is -0.935. The number of quaternary nitrogens is 1. The zero-order valence-electron chi connectivity index (χ0n) is 21.1. The van der Waals surface area contributed by atoms with Gasteiger partial charge in [-0.1, -0.05) is 52.5 Å². The van der Waals surface area contributed by atoms with Crippen molar-refractivity contribution >= 4 is 17.9 Å². The lowest BCUT2D eigenvalue weighted by Crippen LogP contribution is -2.59. The molecule has 0 saturated carbocycles. The van der Waals surface area contributed by atoms with Crippen molar-refractivity contribution < 1.29 is 34.2 Å². The third kappa shape index (κ3) is 12.8. The van der Waals surface area contributed by atoms with E-state index in [0.717, 1.165) is 38.5 Å². The number of hydrogen-bond donors (Lipinski definition) is 2. The largest absolute Gasteiger partial charge is 0.550 e. The summed E-state index contributed by atoms with van der Waals surface area (Å²) >= 11 is 0. The molecule has 0 aromatic rings. The summed E-state index contributed by atoms with van der Waals surface area (Å²) in [7, 11) is 0. The van der Waals surface area contributed by atoms with Gasteiger partial charge >= 0.3 is 11.9 Å². The molecule has 0 amide bonds. The van der Waals surface area contributed by atoms with E-state index in [0.29, 0.717) is 25.8 Å². The van der Waals surface area contributed by atoms with Gasteiger partial charge in [0.05, 0.1) is 32.1 Å². The molecule has 7 nitrogen and oxygen atoms in total. The SMILES string of the molecule is C=CCCCCCCCCC[N+](CC(CC)C(=O)[O-])(CC(CC)C(=O)O)CC(CC)C(=O)O. The van der Waals surface area contributed by atoms with E-state index >= 15 is 0 Å². The third-order valence-corrected chi connectivity index (χ3v) is 6.87. The first-order chi connectivity index (χ1) is 15.7. The van der Waals surface area contributed by atoms with Gasteiger partial charge in [-0.3, -0.25) is 9.59 Å². The van der Waals surface area contributed by atoms with Crippen LogP contribution in [0.25, 0.3) is 0 Å². The second kappa shape index (κ2) is 17.6. The van der Waals surface area contributed by atoms with Crippen LogP contribution in [0.15, 0.2) is 12.7 Å². The fourth-order valence-electron chi connectivity index (χ4n) is 4.65. The van der Waals surface area contributed by atoms with Crippen molar-refractivity contribution in [3.05, 3.63) is 12.7 Å². The highest BCUT2D eigenvalue weighted by molar-refractivity contribution is 5.70. The smallest absolute Gasteiger partial charge is 0.312 e. The highest BCUT2D eigenvalue weighted by Gasteiger charge is 2.39. The maximum Gasteiger partial charge on any atom is 0.312 e. The first-order valence-corrected chi connectivity index (χ1v) is 12.8. The molecule has 0 heterocycles. The summed E-state index contributed by atoms with van der Waals surface area (Å²) in [6.07, 6.45) is 11.7. The van der Waals surface area contributed by atoms with Crippen LogP contribution in [-0.4, -0.2) is 58.8 Å². The van der Waals surface area contributed by atoms with Gasteiger partial charge in [0.25, 0.3) is 0 Å². The van der Waals surface area contributed by atoms with E-state index in [-0.39, 0.29) is 24.1 Å². The highest BCUT2D eigenvalue weighted by Crippen LogP contribution is 2.25. The Labute approximate surface area is 200 Å². The topological polar surface area (TPSA) is 115 Å². The fourth-order valence-corrected chi connectivity index (χ4v) is 4.65. The summed E-state index contributed by atoms with van der Waals surface area (Å²) < 4.78 is 0.210. The number of unbranched alkanes of at least 4 members (excludes halogenated alkanes) is 7. The number of rotatable bonds is 22. The summed E-state index contributed by atoms with van der Waals surface area (Å²) in [6, 6.07) is 0. The second-order valence-electron chi connectivity index (χ2n) is 9.48. The van der Waals surface area contributed by atoms with Crippen molar-refractivity contribution in [2.45, 2.75) is 91.4 Å². The van der Waals surface area contributed by atoms with Gasteiger partial charge in [0.15, 0.2) is 0 Å². The van der Waals surface area contributed by atoms with E-state index in [1.54, 1.807) is 6.92 Å². The molecule has 0 aliphatic carbocycles. The van der Waals surface area contributed by atoms with Crippen LogP contribution in [-0.2, 0) is 14.4 Å². The van der Waals surface area contributed by atoms with Gasteiger partial charge < -0.3 is 24.6 Å². The molecule has 0 aliphatic heterocycles. The van der Waals surface area contributed by atoms with Crippen molar-refractivity contribution in [2.24, 2.45) is 17.8 Å². The Morgan fingerprint density at radius 1 is 0.758 bits per heavy atom. The molecule has 3 unspecified atom stereocenters. The third-order valence-electron chi connectivity index (χ3n) is 6.87. The van der Waals surface area contributed by atoms with E-state index < -0.39 is 35.7 Å². The van der Waals surface area contributed by atoms with Crippen LogP contribution in [0.1, 0.15) is 91.4 Å². The normalized spacial score (nSPS) is 15.8. The number of nitrogens with zero attached hydrogens (tertiary/aromatic N) is 1. The van der Waals surface area contributed by atoms with Gasteiger partial charge in [0.2, 0.25) is 0 Å². The molecule has 0 spiro atoms. The maximum absolute atomic E-state index is 11.8. The van der Waals surface area contributed by atoms with Gasteiger partial charge in [-0.2, -0.15) is 0 Å². The standard InChI is InChI=1S/C26H47NO6/c1-5-9-10-11-12-13-14-15-16-17-27(18-21(6-2)24(28)29,19-22(7-3)25(30)31)20-23(8-4)26(32)33/h5,21-23H,1,6-20H2,2-4H3,(H2-,28,29,30,31,32,33). The minimum absolute atomic E-state index is 0.210. The van der Waals surface area contributed by atoms with E-state index in [1.165, 1.54) is 12.8 Å². The molecule has 33 heavy (non-hydrogen) atoms. The second-order valence-corrected chi connectivity index (χ2v) is 9.48. The monoisotopic (exact) mass is 469 g/mol.